The molecule has 4 heteroatoms. The second-order valence-corrected chi connectivity index (χ2v) is 6.85. The van der Waals surface area contributed by atoms with E-state index >= 15 is 0 Å². The highest BCUT2D eigenvalue weighted by Gasteiger charge is 2.18. The number of anilines is 1. The Morgan fingerprint density at radius 3 is 2.83 bits per heavy atom. The van der Waals surface area contributed by atoms with Crippen LogP contribution in [0.25, 0.3) is 10.9 Å². The number of aromatic nitrogens is 1. The van der Waals surface area contributed by atoms with Gasteiger partial charge in [0.1, 0.15) is 5.75 Å². The number of hydrogen-bond donors (Lipinski definition) is 2. The van der Waals surface area contributed by atoms with Gasteiger partial charge in [-0.3, -0.25) is 4.79 Å². The molecule has 1 aromatic carbocycles. The number of benzene rings is 1. The molecule has 3 rings (SSSR count). The van der Waals surface area contributed by atoms with E-state index < -0.39 is 0 Å². The largest absolute Gasteiger partial charge is 0.494 e. The molecule has 124 valence electrons. The number of rotatable bonds is 5. The van der Waals surface area contributed by atoms with Gasteiger partial charge in [-0.05, 0) is 36.5 Å². The van der Waals surface area contributed by atoms with Crippen LogP contribution in [-0.4, -0.2) is 17.5 Å². The molecule has 0 aliphatic heterocycles. The Balaban J connectivity index is 1.58. The van der Waals surface area contributed by atoms with Gasteiger partial charge < -0.3 is 15.0 Å². The zero-order chi connectivity index (χ0) is 16.2. The molecule has 1 aliphatic carbocycles. The summed E-state index contributed by atoms with van der Waals surface area (Å²) < 4.78 is 5.95. The number of fused-ring (bicyclic) bond motifs is 1. The van der Waals surface area contributed by atoms with Crippen LogP contribution in [0.2, 0.25) is 0 Å². The summed E-state index contributed by atoms with van der Waals surface area (Å²) in [5.74, 6) is 2.52. The lowest BCUT2D eigenvalue weighted by atomic mass is 9.82. The van der Waals surface area contributed by atoms with Crippen molar-refractivity contribution in [3.63, 3.8) is 0 Å². The minimum Gasteiger partial charge on any atom is -0.494 e. The predicted molar refractivity (Wildman–Crippen MR) is 93.8 cm³/mol. The maximum absolute atomic E-state index is 11.3. The van der Waals surface area contributed by atoms with Gasteiger partial charge in [0.05, 0.1) is 12.3 Å². The van der Waals surface area contributed by atoms with Crippen LogP contribution in [-0.2, 0) is 4.79 Å². The van der Waals surface area contributed by atoms with Crippen LogP contribution in [0.1, 0.15) is 46.0 Å². The monoisotopic (exact) mass is 314 g/mol. The van der Waals surface area contributed by atoms with E-state index in [-0.39, 0.29) is 5.91 Å². The van der Waals surface area contributed by atoms with E-state index in [0.29, 0.717) is 0 Å². The first-order valence-corrected chi connectivity index (χ1v) is 8.63. The lowest BCUT2D eigenvalue weighted by Gasteiger charge is -2.25. The van der Waals surface area contributed by atoms with E-state index in [1.807, 2.05) is 24.4 Å². The van der Waals surface area contributed by atoms with Crippen molar-refractivity contribution < 1.29 is 9.53 Å². The number of H-pyrrole nitrogens is 1. The van der Waals surface area contributed by atoms with Gasteiger partial charge in [-0.1, -0.05) is 32.6 Å². The van der Waals surface area contributed by atoms with Crippen LogP contribution in [0.3, 0.4) is 0 Å². The van der Waals surface area contributed by atoms with E-state index in [1.165, 1.54) is 32.6 Å². The summed E-state index contributed by atoms with van der Waals surface area (Å²) in [7, 11) is 0. The lowest BCUT2D eigenvalue weighted by molar-refractivity contribution is -0.114. The average Bonchev–Trinajstić information content (AvgIpc) is 2.91. The van der Waals surface area contributed by atoms with Crippen molar-refractivity contribution >= 4 is 22.5 Å². The molecule has 2 aromatic rings. The number of amides is 1. The fourth-order valence-electron chi connectivity index (χ4n) is 3.44. The van der Waals surface area contributed by atoms with Gasteiger partial charge in [0.2, 0.25) is 5.91 Å². The molecule has 2 N–H and O–H groups in total. The Kier molecular flexibility index (Phi) is 4.89. The molecular formula is C19H26N2O2. The third-order valence-electron chi connectivity index (χ3n) is 4.89. The highest BCUT2D eigenvalue weighted by Crippen LogP contribution is 2.31. The first kappa shape index (κ1) is 15.9. The first-order chi connectivity index (χ1) is 11.1. The van der Waals surface area contributed by atoms with Crippen LogP contribution in [0, 0.1) is 11.8 Å². The Bertz CT molecular complexity index is 669. The van der Waals surface area contributed by atoms with Gasteiger partial charge >= 0.3 is 0 Å². The predicted octanol–water partition coefficient (Wildman–Crippen LogP) is 4.72. The molecule has 23 heavy (non-hydrogen) atoms. The topological polar surface area (TPSA) is 54.1 Å². The van der Waals surface area contributed by atoms with Gasteiger partial charge in [0.25, 0.3) is 0 Å². The quantitative estimate of drug-likeness (QED) is 0.839. The summed E-state index contributed by atoms with van der Waals surface area (Å²) in [4.78, 5) is 14.4. The van der Waals surface area contributed by atoms with Crippen molar-refractivity contribution in [1.82, 2.24) is 4.98 Å². The molecule has 4 nitrogen and oxygen atoms in total. The van der Waals surface area contributed by atoms with Gasteiger partial charge in [0.15, 0.2) is 0 Å². The maximum atomic E-state index is 11.3. The third-order valence-corrected chi connectivity index (χ3v) is 4.89. The lowest BCUT2D eigenvalue weighted by Crippen LogP contribution is -2.14. The molecule has 1 fully saturated rings. The highest BCUT2D eigenvalue weighted by atomic mass is 16.5. The summed E-state index contributed by atoms with van der Waals surface area (Å²) in [5, 5.41) is 3.83. The van der Waals surface area contributed by atoms with Crippen LogP contribution >= 0.6 is 0 Å². The molecule has 1 heterocycles. The van der Waals surface area contributed by atoms with Gasteiger partial charge in [-0.2, -0.15) is 0 Å². The number of hydrogen-bond acceptors (Lipinski definition) is 2. The minimum absolute atomic E-state index is 0.0660. The fraction of sp³-hybridized carbons (Fsp3) is 0.526. The summed E-state index contributed by atoms with van der Waals surface area (Å²) >= 11 is 0. The van der Waals surface area contributed by atoms with Crippen molar-refractivity contribution in [3.8, 4) is 5.75 Å². The Morgan fingerprint density at radius 1 is 1.30 bits per heavy atom. The van der Waals surface area contributed by atoms with Crippen LogP contribution in [0.4, 0.5) is 5.69 Å². The number of ether oxygens (including phenoxy) is 1. The van der Waals surface area contributed by atoms with Gasteiger partial charge in [0, 0.05) is 24.0 Å². The second-order valence-electron chi connectivity index (χ2n) is 6.85. The molecule has 0 spiro atoms. The van der Waals surface area contributed by atoms with Crippen LogP contribution in [0.5, 0.6) is 5.75 Å². The summed E-state index contributed by atoms with van der Waals surface area (Å²) in [5.41, 5.74) is 1.81. The number of aromatic amines is 1. The molecule has 1 amide bonds. The molecule has 0 radical (unpaired) electrons. The van der Waals surface area contributed by atoms with Crippen LogP contribution in [0.15, 0.2) is 24.4 Å². The van der Waals surface area contributed by atoms with E-state index in [1.54, 1.807) is 0 Å². The summed E-state index contributed by atoms with van der Waals surface area (Å²) in [6.45, 7) is 4.64. The van der Waals surface area contributed by atoms with Crippen molar-refractivity contribution in [2.24, 2.45) is 11.8 Å². The van der Waals surface area contributed by atoms with Gasteiger partial charge in [-0.25, -0.2) is 0 Å². The standard InChI is InChI=1S/C19H26N2O2/c1-13-3-5-15(6-4-13)9-10-23-16-7-8-18-17(11-16)19(12-20-18)21-14(2)22/h7-8,11-13,15,20H,3-6,9-10H2,1-2H3,(H,21,22)/t13-,15-. The van der Waals surface area contributed by atoms with Crippen molar-refractivity contribution in [2.75, 3.05) is 11.9 Å². The Morgan fingerprint density at radius 2 is 2.09 bits per heavy atom. The third kappa shape index (κ3) is 4.06. The first-order valence-electron chi connectivity index (χ1n) is 8.63. The zero-order valence-corrected chi connectivity index (χ0v) is 14.0. The highest BCUT2D eigenvalue weighted by molar-refractivity contribution is 6.01. The van der Waals surface area contributed by atoms with Crippen molar-refractivity contribution in [1.29, 1.82) is 0 Å². The summed E-state index contributed by atoms with van der Waals surface area (Å²) in [6.07, 6.45) is 8.36. The van der Waals surface area contributed by atoms with E-state index in [4.69, 9.17) is 4.74 Å². The number of carbonyl (C=O) groups excluding carboxylic acids is 1. The molecule has 1 saturated carbocycles. The van der Waals surface area contributed by atoms with E-state index in [2.05, 4.69) is 17.2 Å². The normalized spacial score (nSPS) is 21.3. The van der Waals surface area contributed by atoms with E-state index in [9.17, 15) is 4.79 Å². The van der Waals surface area contributed by atoms with Crippen molar-refractivity contribution in [3.05, 3.63) is 24.4 Å². The van der Waals surface area contributed by atoms with Crippen LogP contribution < -0.4 is 10.1 Å². The summed E-state index contributed by atoms with van der Waals surface area (Å²) in [6, 6.07) is 5.98. The SMILES string of the molecule is CC(=O)Nc1c[nH]c2ccc(OCC[C@H]3CC[C@H](C)CC3)cc12. The fourth-order valence-corrected chi connectivity index (χ4v) is 3.44. The molecule has 1 aliphatic rings. The van der Waals surface area contributed by atoms with Crippen molar-refractivity contribution in [2.45, 2.75) is 46.0 Å². The minimum atomic E-state index is -0.0660. The molecular weight excluding hydrogens is 288 g/mol. The molecule has 0 unspecified atom stereocenters. The Hall–Kier alpha value is -1.97. The molecule has 0 atom stereocenters. The van der Waals surface area contributed by atoms with Gasteiger partial charge in [-0.15, -0.1) is 0 Å². The smallest absolute Gasteiger partial charge is 0.221 e. The number of carbonyl (C=O) groups is 1. The maximum Gasteiger partial charge on any atom is 0.221 e. The molecule has 0 bridgehead atoms. The molecule has 0 saturated heterocycles. The zero-order valence-electron chi connectivity index (χ0n) is 14.0. The number of nitrogens with one attached hydrogen (secondary N) is 2. The second kappa shape index (κ2) is 7.07. The molecule has 1 aromatic heterocycles. The Labute approximate surface area is 137 Å². The van der Waals surface area contributed by atoms with E-state index in [0.717, 1.165) is 47.2 Å². The average molecular weight is 314 g/mol.